The van der Waals surface area contributed by atoms with E-state index < -0.39 is 0 Å². The molecule has 3 rings (SSSR count). The second-order valence-corrected chi connectivity index (χ2v) is 4.30. The summed E-state index contributed by atoms with van der Waals surface area (Å²) >= 11 is 0. The Balaban J connectivity index is 1.79. The highest BCUT2D eigenvalue weighted by Crippen LogP contribution is 2.12. The SMILES string of the molecule is O=C(N[C@@H]1CCNC1)c1ccc2nc[nH]c2c1. The van der Waals surface area contributed by atoms with E-state index >= 15 is 0 Å². The maximum Gasteiger partial charge on any atom is 0.251 e. The summed E-state index contributed by atoms with van der Waals surface area (Å²) in [6.45, 7) is 1.84. The first-order valence-electron chi connectivity index (χ1n) is 5.77. The number of hydrogen-bond donors (Lipinski definition) is 3. The third kappa shape index (κ3) is 2.01. The van der Waals surface area contributed by atoms with E-state index in [2.05, 4.69) is 20.6 Å². The number of hydrogen-bond acceptors (Lipinski definition) is 3. The van der Waals surface area contributed by atoms with E-state index in [1.807, 2.05) is 12.1 Å². The molecule has 2 heterocycles. The molecule has 3 N–H and O–H groups in total. The van der Waals surface area contributed by atoms with Gasteiger partial charge in [0, 0.05) is 18.2 Å². The van der Waals surface area contributed by atoms with Crippen molar-refractivity contribution in [1.29, 1.82) is 0 Å². The van der Waals surface area contributed by atoms with Gasteiger partial charge in [-0.3, -0.25) is 4.79 Å². The van der Waals surface area contributed by atoms with E-state index in [0.717, 1.165) is 30.5 Å². The number of imidazole rings is 1. The van der Waals surface area contributed by atoms with Crippen molar-refractivity contribution < 1.29 is 4.79 Å². The third-order valence-electron chi connectivity index (χ3n) is 3.08. The molecule has 1 fully saturated rings. The Labute approximate surface area is 98.6 Å². The van der Waals surface area contributed by atoms with Crippen LogP contribution in [0.2, 0.25) is 0 Å². The van der Waals surface area contributed by atoms with Gasteiger partial charge in [-0.15, -0.1) is 0 Å². The Morgan fingerprint density at radius 2 is 2.41 bits per heavy atom. The van der Waals surface area contributed by atoms with Crippen LogP contribution in [0.15, 0.2) is 24.5 Å². The standard InChI is InChI=1S/C12H14N4O/c17-12(16-9-3-4-13-6-9)8-1-2-10-11(5-8)15-7-14-10/h1-2,5,7,9,13H,3-4,6H2,(H,14,15)(H,16,17)/t9-/m1/s1. The smallest absolute Gasteiger partial charge is 0.251 e. The molecule has 0 bridgehead atoms. The quantitative estimate of drug-likeness (QED) is 0.709. The maximum atomic E-state index is 12.0. The number of H-pyrrole nitrogens is 1. The third-order valence-corrected chi connectivity index (χ3v) is 3.08. The average Bonchev–Trinajstić information content (AvgIpc) is 2.97. The zero-order valence-electron chi connectivity index (χ0n) is 9.36. The van der Waals surface area contributed by atoms with Crippen molar-refractivity contribution in [2.45, 2.75) is 12.5 Å². The zero-order chi connectivity index (χ0) is 11.7. The molecule has 1 amide bonds. The molecule has 2 aromatic rings. The first-order valence-corrected chi connectivity index (χ1v) is 5.77. The summed E-state index contributed by atoms with van der Waals surface area (Å²) in [5.41, 5.74) is 2.44. The number of fused-ring (bicyclic) bond motifs is 1. The van der Waals surface area contributed by atoms with E-state index in [1.54, 1.807) is 12.4 Å². The Hall–Kier alpha value is -1.88. The molecule has 1 aliphatic rings. The lowest BCUT2D eigenvalue weighted by molar-refractivity contribution is 0.0940. The Kier molecular flexibility index (Phi) is 2.53. The van der Waals surface area contributed by atoms with Crippen molar-refractivity contribution in [1.82, 2.24) is 20.6 Å². The van der Waals surface area contributed by atoms with Crippen LogP contribution in [0.25, 0.3) is 11.0 Å². The predicted octanol–water partition coefficient (Wildman–Crippen LogP) is 0.655. The second kappa shape index (κ2) is 4.18. The van der Waals surface area contributed by atoms with Crippen LogP contribution in [-0.4, -0.2) is 35.0 Å². The largest absolute Gasteiger partial charge is 0.348 e. The summed E-state index contributed by atoms with van der Waals surface area (Å²) in [5.74, 6) is -0.0183. The number of amides is 1. The number of aromatic nitrogens is 2. The molecule has 0 aliphatic carbocycles. The van der Waals surface area contributed by atoms with Crippen LogP contribution in [-0.2, 0) is 0 Å². The van der Waals surface area contributed by atoms with E-state index in [-0.39, 0.29) is 11.9 Å². The summed E-state index contributed by atoms with van der Waals surface area (Å²) in [4.78, 5) is 19.1. The minimum atomic E-state index is -0.0183. The van der Waals surface area contributed by atoms with E-state index in [1.165, 1.54) is 0 Å². The van der Waals surface area contributed by atoms with Crippen LogP contribution in [0.4, 0.5) is 0 Å². The molecule has 5 nitrogen and oxygen atoms in total. The molecular formula is C12H14N4O. The lowest BCUT2D eigenvalue weighted by Gasteiger charge is -2.11. The fourth-order valence-electron chi connectivity index (χ4n) is 2.12. The predicted molar refractivity (Wildman–Crippen MR) is 64.8 cm³/mol. The molecule has 0 radical (unpaired) electrons. The molecule has 1 aromatic carbocycles. The molecule has 0 saturated carbocycles. The summed E-state index contributed by atoms with van der Waals surface area (Å²) in [5, 5.41) is 6.24. The first-order chi connectivity index (χ1) is 8.33. The molecule has 17 heavy (non-hydrogen) atoms. The zero-order valence-corrected chi connectivity index (χ0v) is 9.36. The van der Waals surface area contributed by atoms with Crippen LogP contribution < -0.4 is 10.6 Å². The number of nitrogens with zero attached hydrogens (tertiary/aromatic N) is 1. The topological polar surface area (TPSA) is 69.8 Å². The van der Waals surface area contributed by atoms with Gasteiger partial charge in [-0.2, -0.15) is 0 Å². The minimum absolute atomic E-state index is 0.0183. The van der Waals surface area contributed by atoms with Crippen molar-refractivity contribution in [2.24, 2.45) is 0 Å². The normalized spacial score (nSPS) is 19.6. The van der Waals surface area contributed by atoms with Gasteiger partial charge in [0.2, 0.25) is 0 Å². The van der Waals surface area contributed by atoms with Crippen molar-refractivity contribution in [3.63, 3.8) is 0 Å². The van der Waals surface area contributed by atoms with Gasteiger partial charge in [0.25, 0.3) is 5.91 Å². The molecular weight excluding hydrogens is 216 g/mol. The fourth-order valence-corrected chi connectivity index (χ4v) is 2.12. The van der Waals surface area contributed by atoms with Gasteiger partial charge in [-0.05, 0) is 31.2 Å². The molecule has 0 unspecified atom stereocenters. The van der Waals surface area contributed by atoms with E-state index in [4.69, 9.17) is 0 Å². The average molecular weight is 230 g/mol. The van der Waals surface area contributed by atoms with Crippen LogP contribution in [0, 0.1) is 0 Å². The van der Waals surface area contributed by atoms with Crippen molar-refractivity contribution in [3.8, 4) is 0 Å². The Bertz CT molecular complexity index is 542. The molecule has 5 heteroatoms. The van der Waals surface area contributed by atoms with Gasteiger partial charge in [0.1, 0.15) is 0 Å². The van der Waals surface area contributed by atoms with Gasteiger partial charge in [0.15, 0.2) is 0 Å². The maximum absolute atomic E-state index is 12.0. The number of nitrogens with one attached hydrogen (secondary N) is 3. The highest BCUT2D eigenvalue weighted by Gasteiger charge is 2.17. The highest BCUT2D eigenvalue weighted by atomic mass is 16.1. The number of carbonyl (C=O) groups excluding carboxylic acids is 1. The van der Waals surface area contributed by atoms with E-state index in [9.17, 15) is 4.79 Å². The van der Waals surface area contributed by atoms with Crippen LogP contribution in [0.5, 0.6) is 0 Å². The van der Waals surface area contributed by atoms with E-state index in [0.29, 0.717) is 5.56 Å². The lowest BCUT2D eigenvalue weighted by atomic mass is 10.1. The summed E-state index contributed by atoms with van der Waals surface area (Å²) < 4.78 is 0. The summed E-state index contributed by atoms with van der Waals surface area (Å²) in [6, 6.07) is 5.74. The lowest BCUT2D eigenvalue weighted by Crippen LogP contribution is -2.36. The van der Waals surface area contributed by atoms with Gasteiger partial charge < -0.3 is 15.6 Å². The molecule has 1 aliphatic heterocycles. The number of benzene rings is 1. The second-order valence-electron chi connectivity index (χ2n) is 4.30. The molecule has 1 atom stereocenters. The molecule has 1 saturated heterocycles. The molecule has 1 aromatic heterocycles. The summed E-state index contributed by atoms with van der Waals surface area (Å²) in [7, 11) is 0. The van der Waals surface area contributed by atoms with Crippen molar-refractivity contribution in [3.05, 3.63) is 30.1 Å². The van der Waals surface area contributed by atoms with Crippen LogP contribution in [0.1, 0.15) is 16.8 Å². The van der Waals surface area contributed by atoms with Gasteiger partial charge in [-0.1, -0.05) is 0 Å². The van der Waals surface area contributed by atoms with Crippen molar-refractivity contribution in [2.75, 3.05) is 13.1 Å². The van der Waals surface area contributed by atoms with Gasteiger partial charge in [0.05, 0.1) is 17.4 Å². The van der Waals surface area contributed by atoms with Gasteiger partial charge in [-0.25, -0.2) is 4.98 Å². The minimum Gasteiger partial charge on any atom is -0.348 e. The fraction of sp³-hybridized carbons (Fsp3) is 0.333. The number of rotatable bonds is 2. The van der Waals surface area contributed by atoms with Crippen LogP contribution >= 0.6 is 0 Å². The monoisotopic (exact) mass is 230 g/mol. The highest BCUT2D eigenvalue weighted by molar-refractivity contribution is 5.97. The van der Waals surface area contributed by atoms with Crippen LogP contribution in [0.3, 0.4) is 0 Å². The van der Waals surface area contributed by atoms with Crippen molar-refractivity contribution >= 4 is 16.9 Å². The molecule has 0 spiro atoms. The number of aromatic amines is 1. The first kappa shape index (κ1) is 10.3. The number of carbonyl (C=O) groups is 1. The molecule has 88 valence electrons. The summed E-state index contributed by atoms with van der Waals surface area (Å²) in [6.07, 6.45) is 2.63. The Morgan fingerprint density at radius 1 is 1.47 bits per heavy atom. The Morgan fingerprint density at radius 3 is 3.24 bits per heavy atom. The van der Waals surface area contributed by atoms with Gasteiger partial charge >= 0.3 is 0 Å².